The van der Waals surface area contributed by atoms with E-state index in [9.17, 15) is 15.0 Å². The summed E-state index contributed by atoms with van der Waals surface area (Å²) >= 11 is 1.23. The van der Waals surface area contributed by atoms with Crippen LogP contribution in [-0.2, 0) is 10.2 Å². The number of carbonyl (C=O) groups is 1. The zero-order chi connectivity index (χ0) is 24.7. The number of nitrogens with one attached hydrogen (secondary N) is 1. The molecule has 1 unspecified atom stereocenters. The minimum atomic E-state index is -1.47. The minimum absolute atomic E-state index is 0.276. The molecule has 1 aliphatic rings. The standard InChI is InChI=1S/C26H24N2O6S/c1-14-6-4-5-7-19(14)15(2)32-25(31)27-22-16(3)35-28-20(22)9-8-18-12-17-13-21(34-23(17)33-18)26(10-11-26)24(29)30/h4-7,12-13,15,24,29-30H,10-11H2,1-3H3,(H,27,31). The van der Waals surface area contributed by atoms with Gasteiger partial charge in [0.25, 0.3) is 5.78 Å². The summed E-state index contributed by atoms with van der Waals surface area (Å²) in [7, 11) is 0. The highest BCUT2D eigenvalue weighted by atomic mass is 32.1. The second kappa shape index (κ2) is 8.89. The molecule has 35 heavy (non-hydrogen) atoms. The lowest BCUT2D eigenvalue weighted by molar-refractivity contribution is -0.0738. The van der Waals surface area contributed by atoms with E-state index in [1.807, 2.05) is 45.0 Å². The molecule has 0 radical (unpaired) electrons. The Balaban J connectivity index is 1.30. The van der Waals surface area contributed by atoms with Crippen LogP contribution in [0.2, 0.25) is 0 Å². The second-order valence-electron chi connectivity index (χ2n) is 8.74. The number of ether oxygens (including phenoxy) is 1. The summed E-state index contributed by atoms with van der Waals surface area (Å²) in [5, 5.41) is 22.7. The van der Waals surface area contributed by atoms with Crippen LogP contribution in [0.3, 0.4) is 0 Å². The van der Waals surface area contributed by atoms with Gasteiger partial charge in [0.2, 0.25) is 0 Å². The number of aromatic nitrogens is 1. The Kier molecular flexibility index (Phi) is 5.89. The van der Waals surface area contributed by atoms with Gasteiger partial charge >= 0.3 is 6.09 Å². The first kappa shape index (κ1) is 23.2. The molecular formula is C26H24N2O6S. The van der Waals surface area contributed by atoms with Gasteiger partial charge in [0.1, 0.15) is 11.9 Å². The van der Waals surface area contributed by atoms with Crippen LogP contribution in [0.5, 0.6) is 0 Å². The van der Waals surface area contributed by atoms with Crippen molar-refractivity contribution in [3.05, 3.63) is 69.6 Å². The van der Waals surface area contributed by atoms with Crippen molar-refractivity contribution in [2.45, 2.75) is 51.4 Å². The highest BCUT2D eigenvalue weighted by Crippen LogP contribution is 2.51. The fourth-order valence-electron chi connectivity index (χ4n) is 4.04. The van der Waals surface area contributed by atoms with E-state index in [2.05, 4.69) is 21.5 Å². The summed E-state index contributed by atoms with van der Waals surface area (Å²) in [6.07, 6.45) is -1.17. The van der Waals surface area contributed by atoms with Crippen molar-refractivity contribution in [1.82, 2.24) is 4.37 Å². The molecular weight excluding hydrogens is 468 g/mol. The largest absolute Gasteiger partial charge is 0.441 e. The lowest BCUT2D eigenvalue weighted by Crippen LogP contribution is -2.24. The van der Waals surface area contributed by atoms with E-state index in [0.717, 1.165) is 16.0 Å². The number of fused-ring (bicyclic) bond motifs is 1. The molecule has 0 saturated heterocycles. The molecule has 3 aromatic heterocycles. The fraction of sp³-hybridized carbons (Fsp3) is 0.308. The predicted molar refractivity (Wildman–Crippen MR) is 130 cm³/mol. The van der Waals surface area contributed by atoms with Crippen LogP contribution in [-0.4, -0.2) is 27.0 Å². The number of aliphatic hydroxyl groups excluding tert-OH is 1. The van der Waals surface area contributed by atoms with E-state index in [1.165, 1.54) is 11.5 Å². The number of hydrogen-bond acceptors (Lipinski definition) is 8. The smallest absolute Gasteiger partial charge is 0.412 e. The number of carbonyl (C=O) groups excluding carboxylic acids is 1. The number of hydrogen-bond donors (Lipinski definition) is 3. The van der Waals surface area contributed by atoms with Crippen molar-refractivity contribution in [1.29, 1.82) is 0 Å². The summed E-state index contributed by atoms with van der Waals surface area (Å²) < 4.78 is 21.3. The Hall–Kier alpha value is -3.58. The summed E-state index contributed by atoms with van der Waals surface area (Å²) in [4.78, 5) is 13.4. The van der Waals surface area contributed by atoms with Crippen molar-refractivity contribution in [3.63, 3.8) is 0 Å². The quantitative estimate of drug-likeness (QED) is 0.260. The van der Waals surface area contributed by atoms with E-state index in [-0.39, 0.29) is 5.78 Å². The van der Waals surface area contributed by atoms with E-state index >= 15 is 0 Å². The van der Waals surface area contributed by atoms with E-state index in [4.69, 9.17) is 13.6 Å². The van der Waals surface area contributed by atoms with Crippen LogP contribution in [0.15, 0.2) is 45.2 Å². The molecule has 1 atom stereocenters. The van der Waals surface area contributed by atoms with Crippen LogP contribution in [0.1, 0.15) is 59.1 Å². The number of amides is 1. The maximum Gasteiger partial charge on any atom is 0.412 e. The van der Waals surface area contributed by atoms with Crippen molar-refractivity contribution in [2.24, 2.45) is 0 Å². The van der Waals surface area contributed by atoms with E-state index in [0.29, 0.717) is 41.1 Å². The summed E-state index contributed by atoms with van der Waals surface area (Å²) in [6.45, 7) is 5.64. The van der Waals surface area contributed by atoms with Crippen molar-refractivity contribution in [2.75, 3.05) is 5.32 Å². The summed E-state index contributed by atoms with van der Waals surface area (Å²) in [5.41, 5.74) is 2.15. The van der Waals surface area contributed by atoms with Crippen LogP contribution in [0, 0.1) is 25.7 Å². The molecule has 1 aliphatic carbocycles. The SMILES string of the molecule is Cc1ccccc1C(C)OC(=O)Nc1c(C#Cc2cc3cc(C4(C(O)O)CC4)oc3o2)nsc1C. The maximum absolute atomic E-state index is 12.6. The van der Waals surface area contributed by atoms with E-state index in [1.54, 1.807) is 12.1 Å². The van der Waals surface area contributed by atoms with Gasteiger partial charge in [-0.25, -0.2) is 4.79 Å². The number of rotatable bonds is 5. The zero-order valence-electron chi connectivity index (χ0n) is 19.4. The first-order valence-corrected chi connectivity index (χ1v) is 12.0. The van der Waals surface area contributed by atoms with Gasteiger partial charge in [-0.3, -0.25) is 5.32 Å². The number of aryl methyl sites for hydroxylation is 2. The normalized spacial score (nSPS) is 15.0. The highest BCUT2D eigenvalue weighted by molar-refractivity contribution is 7.06. The lowest BCUT2D eigenvalue weighted by atomic mass is 10.0. The van der Waals surface area contributed by atoms with Gasteiger partial charge in [-0.2, -0.15) is 4.37 Å². The average molecular weight is 493 g/mol. The van der Waals surface area contributed by atoms with Gasteiger partial charge in [-0.15, -0.1) is 0 Å². The lowest BCUT2D eigenvalue weighted by Gasteiger charge is -2.16. The summed E-state index contributed by atoms with van der Waals surface area (Å²) in [5.74, 6) is 6.99. The number of nitrogens with zero attached hydrogens (tertiary/aromatic N) is 1. The number of benzene rings is 1. The fourth-order valence-corrected chi connectivity index (χ4v) is 4.64. The van der Waals surface area contributed by atoms with Gasteiger partial charge in [0, 0.05) is 10.9 Å². The molecule has 4 aromatic rings. The summed E-state index contributed by atoms with van der Waals surface area (Å²) in [6, 6.07) is 11.2. The van der Waals surface area contributed by atoms with Crippen LogP contribution >= 0.6 is 11.5 Å². The molecule has 1 fully saturated rings. The Bertz CT molecular complexity index is 1430. The molecule has 0 spiro atoms. The molecule has 180 valence electrons. The first-order chi connectivity index (χ1) is 16.8. The molecule has 0 aliphatic heterocycles. The third kappa shape index (κ3) is 4.44. The second-order valence-corrected chi connectivity index (χ2v) is 9.71. The molecule has 9 heteroatoms. The van der Waals surface area contributed by atoms with Crippen LogP contribution in [0.4, 0.5) is 10.5 Å². The van der Waals surface area contributed by atoms with Gasteiger partial charge in [-0.1, -0.05) is 24.3 Å². The molecule has 1 saturated carbocycles. The Morgan fingerprint density at radius 1 is 1.20 bits per heavy atom. The first-order valence-electron chi connectivity index (χ1n) is 11.2. The Morgan fingerprint density at radius 2 is 1.97 bits per heavy atom. The maximum atomic E-state index is 12.6. The number of aliphatic hydroxyl groups is 2. The Morgan fingerprint density at radius 3 is 2.66 bits per heavy atom. The highest BCUT2D eigenvalue weighted by Gasteiger charge is 2.53. The third-order valence-electron chi connectivity index (χ3n) is 6.29. The minimum Gasteiger partial charge on any atom is -0.441 e. The Labute approximate surface area is 205 Å². The van der Waals surface area contributed by atoms with Crippen LogP contribution in [0.25, 0.3) is 11.2 Å². The topological polar surface area (TPSA) is 118 Å². The predicted octanol–water partition coefficient (Wildman–Crippen LogP) is 5.15. The molecule has 1 amide bonds. The van der Waals surface area contributed by atoms with Crippen LogP contribution < -0.4 is 5.32 Å². The van der Waals surface area contributed by atoms with Crippen molar-refractivity contribution < 1.29 is 28.6 Å². The molecule has 5 rings (SSSR count). The number of anilines is 1. The zero-order valence-corrected chi connectivity index (χ0v) is 20.2. The van der Waals surface area contributed by atoms with Gasteiger partial charge in [-0.05, 0) is 74.2 Å². The van der Waals surface area contributed by atoms with Gasteiger partial charge in [0.15, 0.2) is 17.7 Å². The van der Waals surface area contributed by atoms with Gasteiger partial charge < -0.3 is 23.8 Å². The van der Waals surface area contributed by atoms with Gasteiger partial charge in [0.05, 0.1) is 16.5 Å². The average Bonchev–Trinajstić information content (AvgIpc) is 3.25. The van der Waals surface area contributed by atoms with Crippen molar-refractivity contribution in [3.8, 4) is 11.8 Å². The van der Waals surface area contributed by atoms with Crippen molar-refractivity contribution >= 4 is 34.5 Å². The monoisotopic (exact) mass is 492 g/mol. The molecule has 3 N–H and O–H groups in total. The molecule has 1 aromatic carbocycles. The number of furan rings is 2. The molecule has 0 bridgehead atoms. The third-order valence-corrected chi connectivity index (χ3v) is 7.04. The molecule has 3 heterocycles. The molecule has 8 nitrogen and oxygen atoms in total. The van der Waals surface area contributed by atoms with E-state index < -0.39 is 23.9 Å².